The zero-order valence-electron chi connectivity index (χ0n) is 10.6. The summed E-state index contributed by atoms with van der Waals surface area (Å²) in [7, 11) is 0. The van der Waals surface area contributed by atoms with Gasteiger partial charge in [-0.2, -0.15) is 0 Å². The van der Waals surface area contributed by atoms with Gasteiger partial charge in [-0.25, -0.2) is 9.18 Å². The Morgan fingerprint density at radius 2 is 2.17 bits per heavy atom. The monoisotopic (exact) mass is 253 g/mol. The largest absolute Gasteiger partial charge is 0.444 e. The Hall–Kier alpha value is -1.62. The highest BCUT2D eigenvalue weighted by Gasteiger charge is 2.28. The highest BCUT2D eigenvalue weighted by atomic mass is 19.1. The van der Waals surface area contributed by atoms with Crippen LogP contribution in [0, 0.1) is 5.82 Å². The number of carbonyl (C=O) groups excluding carboxylic acids is 1. The summed E-state index contributed by atoms with van der Waals surface area (Å²) < 4.78 is 23.6. The van der Waals surface area contributed by atoms with Crippen molar-refractivity contribution in [3.8, 4) is 0 Å². The van der Waals surface area contributed by atoms with E-state index in [1.165, 1.54) is 12.1 Å². The quantitative estimate of drug-likeness (QED) is 0.823. The van der Waals surface area contributed by atoms with E-state index in [1.54, 1.807) is 26.8 Å². The average molecular weight is 253 g/mol. The molecule has 1 atom stereocenters. The zero-order valence-corrected chi connectivity index (χ0v) is 10.6. The van der Waals surface area contributed by atoms with Crippen molar-refractivity contribution in [1.29, 1.82) is 0 Å². The fourth-order valence-corrected chi connectivity index (χ4v) is 1.52. The highest BCUT2D eigenvalue weighted by molar-refractivity contribution is 5.85. The summed E-state index contributed by atoms with van der Waals surface area (Å²) in [5.41, 5.74) is 0.395. The third kappa shape index (κ3) is 3.43. The molecule has 0 radical (unpaired) electrons. The fraction of sp³-hybridized carbons (Fsp3) is 0.462. The molecule has 2 rings (SSSR count). The van der Waals surface area contributed by atoms with E-state index in [4.69, 9.17) is 9.47 Å². The van der Waals surface area contributed by atoms with Crippen molar-refractivity contribution in [1.82, 2.24) is 0 Å². The fourth-order valence-electron chi connectivity index (χ4n) is 1.52. The van der Waals surface area contributed by atoms with Crippen LogP contribution >= 0.6 is 0 Å². The molecule has 1 fully saturated rings. The van der Waals surface area contributed by atoms with E-state index in [0.717, 1.165) is 0 Å². The maximum Gasteiger partial charge on any atom is 0.412 e. The molecule has 1 N–H and O–H groups in total. The van der Waals surface area contributed by atoms with Crippen molar-refractivity contribution in [3.63, 3.8) is 0 Å². The molecule has 1 heterocycles. The highest BCUT2D eigenvalue weighted by Crippen LogP contribution is 2.33. The molecule has 0 saturated carbocycles. The number of carbonyl (C=O) groups is 1. The number of epoxide rings is 1. The normalized spacial score (nSPS) is 18.3. The molecule has 18 heavy (non-hydrogen) atoms. The lowest BCUT2D eigenvalue weighted by atomic mass is 10.1. The van der Waals surface area contributed by atoms with Gasteiger partial charge in [0.2, 0.25) is 0 Å². The Morgan fingerprint density at radius 1 is 1.50 bits per heavy atom. The number of ether oxygens (including phenoxy) is 2. The summed E-state index contributed by atoms with van der Waals surface area (Å²) in [6.45, 7) is 5.86. The second-order valence-electron chi connectivity index (χ2n) is 5.19. The number of halogens is 1. The lowest BCUT2D eigenvalue weighted by Gasteiger charge is -2.19. The Balaban J connectivity index is 2.05. The summed E-state index contributed by atoms with van der Waals surface area (Å²) in [4.78, 5) is 11.6. The summed E-state index contributed by atoms with van der Waals surface area (Å²) in [6, 6.07) is 4.37. The first-order chi connectivity index (χ1) is 8.35. The lowest BCUT2D eigenvalue weighted by molar-refractivity contribution is 0.0636. The predicted molar refractivity (Wildman–Crippen MR) is 64.9 cm³/mol. The minimum Gasteiger partial charge on any atom is -0.444 e. The number of benzene rings is 1. The Kier molecular flexibility index (Phi) is 3.26. The van der Waals surface area contributed by atoms with Gasteiger partial charge in [-0.1, -0.05) is 0 Å². The summed E-state index contributed by atoms with van der Waals surface area (Å²) in [5, 5.41) is 2.57. The maximum atomic E-state index is 13.4. The van der Waals surface area contributed by atoms with Crippen LogP contribution in [0.15, 0.2) is 18.2 Å². The minimum absolute atomic E-state index is 0.189. The van der Waals surface area contributed by atoms with E-state index in [2.05, 4.69) is 5.32 Å². The Bertz CT molecular complexity index is 464. The molecule has 1 amide bonds. The second-order valence-corrected chi connectivity index (χ2v) is 5.19. The first-order valence-electron chi connectivity index (χ1n) is 5.76. The molecule has 1 aliphatic heterocycles. The van der Waals surface area contributed by atoms with Crippen molar-refractivity contribution >= 4 is 11.8 Å². The molecular formula is C13H16FNO3. The van der Waals surface area contributed by atoms with Crippen molar-refractivity contribution in [2.45, 2.75) is 32.5 Å². The molecule has 0 aliphatic carbocycles. The van der Waals surface area contributed by atoms with Gasteiger partial charge < -0.3 is 9.47 Å². The van der Waals surface area contributed by atoms with Gasteiger partial charge in [-0.05, 0) is 39.0 Å². The molecule has 98 valence electrons. The van der Waals surface area contributed by atoms with Gasteiger partial charge in [0.1, 0.15) is 17.5 Å². The SMILES string of the molecule is CC(C)(C)OC(=O)Nc1ccc(F)c([C@H]2CO2)c1. The molecule has 0 aromatic heterocycles. The third-order valence-electron chi connectivity index (χ3n) is 2.32. The molecule has 0 spiro atoms. The van der Waals surface area contributed by atoms with E-state index < -0.39 is 11.7 Å². The van der Waals surface area contributed by atoms with Crippen LogP contribution in [0.4, 0.5) is 14.9 Å². The summed E-state index contributed by atoms with van der Waals surface area (Å²) in [6.07, 6.45) is -0.748. The molecule has 5 heteroatoms. The van der Waals surface area contributed by atoms with Crippen molar-refractivity contribution in [2.24, 2.45) is 0 Å². The molecule has 0 unspecified atom stereocenters. The molecule has 1 aromatic carbocycles. The Morgan fingerprint density at radius 3 is 2.72 bits per heavy atom. The first-order valence-corrected chi connectivity index (χ1v) is 5.76. The smallest absolute Gasteiger partial charge is 0.412 e. The van der Waals surface area contributed by atoms with Gasteiger partial charge in [0.05, 0.1) is 6.61 Å². The van der Waals surface area contributed by atoms with Crippen LogP contribution in [0.2, 0.25) is 0 Å². The number of amides is 1. The average Bonchev–Trinajstić information content (AvgIpc) is 3.01. The van der Waals surface area contributed by atoms with Crippen LogP contribution in [0.5, 0.6) is 0 Å². The van der Waals surface area contributed by atoms with Crippen LogP contribution in [-0.4, -0.2) is 18.3 Å². The van der Waals surface area contributed by atoms with E-state index in [0.29, 0.717) is 17.9 Å². The number of anilines is 1. The van der Waals surface area contributed by atoms with Gasteiger partial charge in [-0.3, -0.25) is 5.32 Å². The van der Waals surface area contributed by atoms with Gasteiger partial charge in [-0.15, -0.1) is 0 Å². The summed E-state index contributed by atoms with van der Waals surface area (Å²) in [5.74, 6) is -0.327. The van der Waals surface area contributed by atoms with Gasteiger partial charge in [0, 0.05) is 11.3 Å². The van der Waals surface area contributed by atoms with E-state index in [-0.39, 0.29) is 11.9 Å². The van der Waals surface area contributed by atoms with Crippen LogP contribution in [-0.2, 0) is 9.47 Å². The number of hydrogen-bond acceptors (Lipinski definition) is 3. The minimum atomic E-state index is -0.563. The molecule has 1 aromatic rings. The summed E-state index contributed by atoms with van der Waals surface area (Å²) >= 11 is 0. The molecule has 4 nitrogen and oxygen atoms in total. The van der Waals surface area contributed by atoms with Crippen LogP contribution in [0.25, 0.3) is 0 Å². The van der Waals surface area contributed by atoms with Gasteiger partial charge >= 0.3 is 6.09 Å². The van der Waals surface area contributed by atoms with Crippen molar-refractivity contribution < 1.29 is 18.7 Å². The molecule has 1 saturated heterocycles. The standard InChI is InChI=1S/C13H16FNO3/c1-13(2,3)18-12(16)15-8-4-5-10(14)9(6-8)11-7-17-11/h4-6,11H,7H2,1-3H3,(H,15,16)/t11-/m1/s1. The van der Waals surface area contributed by atoms with E-state index in [9.17, 15) is 9.18 Å². The third-order valence-corrected chi connectivity index (χ3v) is 2.32. The van der Waals surface area contributed by atoms with Crippen molar-refractivity contribution in [3.05, 3.63) is 29.6 Å². The number of nitrogens with one attached hydrogen (secondary N) is 1. The second kappa shape index (κ2) is 4.57. The number of hydrogen-bond donors (Lipinski definition) is 1. The lowest BCUT2D eigenvalue weighted by Crippen LogP contribution is -2.27. The maximum absolute atomic E-state index is 13.4. The molecule has 1 aliphatic rings. The van der Waals surface area contributed by atoms with E-state index >= 15 is 0 Å². The molecular weight excluding hydrogens is 237 g/mol. The predicted octanol–water partition coefficient (Wildman–Crippen LogP) is 3.24. The van der Waals surface area contributed by atoms with E-state index in [1.807, 2.05) is 0 Å². The van der Waals surface area contributed by atoms with Gasteiger partial charge in [0.25, 0.3) is 0 Å². The van der Waals surface area contributed by atoms with Gasteiger partial charge in [0.15, 0.2) is 0 Å². The van der Waals surface area contributed by atoms with Crippen molar-refractivity contribution in [2.75, 3.05) is 11.9 Å². The molecule has 0 bridgehead atoms. The topological polar surface area (TPSA) is 50.9 Å². The van der Waals surface area contributed by atoms with Crippen LogP contribution in [0.1, 0.15) is 32.4 Å². The first kappa shape index (κ1) is 12.8. The Labute approximate surface area is 105 Å². The van der Waals surface area contributed by atoms with Crippen LogP contribution in [0.3, 0.4) is 0 Å². The van der Waals surface area contributed by atoms with Crippen LogP contribution < -0.4 is 5.32 Å². The number of rotatable bonds is 2. The zero-order chi connectivity index (χ0) is 13.3.